The van der Waals surface area contributed by atoms with Gasteiger partial charge >= 0.3 is 0 Å². The Bertz CT molecular complexity index is 1510. The lowest BCUT2D eigenvalue weighted by Crippen LogP contribution is -2.47. The molecule has 4 aromatic carbocycles. The molecule has 6 rings (SSSR count). The minimum absolute atomic E-state index is 0.0555. The molecule has 1 spiro atoms. The number of benzene rings is 4. The van der Waals surface area contributed by atoms with Crippen molar-refractivity contribution in [1.82, 2.24) is 0 Å². The molecule has 1 amide bonds. The van der Waals surface area contributed by atoms with Gasteiger partial charge in [0.15, 0.2) is 0 Å². The second-order valence-electron chi connectivity index (χ2n) is 9.33. The molecule has 4 aromatic rings. The molecular formula is C31H27ClN2O2. The molecule has 0 aliphatic carbocycles. The van der Waals surface area contributed by atoms with Crippen molar-refractivity contribution < 1.29 is 9.53 Å². The summed E-state index contributed by atoms with van der Waals surface area (Å²) in [5.74, 6) is 1.46. The number of carbonyl (C=O) groups is 1. The highest BCUT2D eigenvalue weighted by molar-refractivity contribution is 6.31. The first-order valence-electron chi connectivity index (χ1n) is 12.4. The predicted molar refractivity (Wildman–Crippen MR) is 146 cm³/mol. The Morgan fingerprint density at radius 1 is 0.833 bits per heavy atom. The normalized spacial score (nSPS) is 17.4. The van der Waals surface area contributed by atoms with Crippen molar-refractivity contribution in [2.75, 3.05) is 22.9 Å². The maximum absolute atomic E-state index is 14.2. The van der Waals surface area contributed by atoms with Crippen LogP contribution < -0.4 is 14.5 Å². The Hall–Kier alpha value is -3.76. The van der Waals surface area contributed by atoms with E-state index in [2.05, 4.69) is 68.1 Å². The van der Waals surface area contributed by atoms with Crippen molar-refractivity contribution in [2.45, 2.75) is 26.3 Å². The van der Waals surface area contributed by atoms with Crippen molar-refractivity contribution in [2.24, 2.45) is 0 Å². The molecule has 4 nitrogen and oxygen atoms in total. The highest BCUT2D eigenvalue weighted by atomic mass is 35.5. The number of amides is 1. The third-order valence-corrected chi connectivity index (χ3v) is 7.62. The van der Waals surface area contributed by atoms with Gasteiger partial charge in [-0.25, -0.2) is 0 Å². The van der Waals surface area contributed by atoms with Crippen LogP contribution in [0, 0.1) is 6.92 Å². The third kappa shape index (κ3) is 3.11. The van der Waals surface area contributed by atoms with E-state index in [1.807, 2.05) is 47.4 Å². The number of anilines is 2. The first kappa shape index (κ1) is 22.7. The summed E-state index contributed by atoms with van der Waals surface area (Å²) >= 11 is 6.45. The Morgan fingerprint density at radius 2 is 1.56 bits per heavy atom. The number of fused-ring (bicyclic) bond motifs is 6. The van der Waals surface area contributed by atoms with Crippen molar-refractivity contribution in [3.8, 4) is 11.5 Å². The minimum atomic E-state index is -0.892. The van der Waals surface area contributed by atoms with Crippen LogP contribution in [0.15, 0.2) is 84.9 Å². The molecule has 36 heavy (non-hydrogen) atoms. The summed E-state index contributed by atoms with van der Waals surface area (Å²) in [5.41, 5.74) is 5.55. The maximum atomic E-state index is 14.2. The zero-order chi connectivity index (χ0) is 25.0. The zero-order valence-electron chi connectivity index (χ0n) is 20.6. The van der Waals surface area contributed by atoms with E-state index in [0.29, 0.717) is 10.6 Å². The van der Waals surface area contributed by atoms with E-state index in [1.54, 1.807) is 0 Å². The smallest absolute Gasteiger partial charge is 0.260 e. The lowest BCUT2D eigenvalue weighted by molar-refractivity contribution is 0.0986. The fourth-order valence-corrected chi connectivity index (χ4v) is 5.98. The molecule has 180 valence electrons. The molecule has 2 heterocycles. The maximum Gasteiger partial charge on any atom is 0.260 e. The summed E-state index contributed by atoms with van der Waals surface area (Å²) in [6.07, 6.45) is 0. The van der Waals surface area contributed by atoms with Crippen LogP contribution in [0.3, 0.4) is 0 Å². The number of hydrogen-bond donors (Lipinski definition) is 0. The molecular weight excluding hydrogens is 468 g/mol. The molecule has 0 bridgehead atoms. The first-order valence-corrected chi connectivity index (χ1v) is 12.7. The third-order valence-electron chi connectivity index (χ3n) is 7.38. The van der Waals surface area contributed by atoms with Gasteiger partial charge < -0.3 is 9.64 Å². The number of nitrogens with zero attached hydrogens (tertiary/aromatic N) is 2. The van der Waals surface area contributed by atoms with Crippen LogP contribution in [-0.4, -0.2) is 19.0 Å². The lowest BCUT2D eigenvalue weighted by atomic mass is 9.74. The second-order valence-corrected chi connectivity index (χ2v) is 9.77. The lowest BCUT2D eigenvalue weighted by Gasteiger charge is -2.44. The van der Waals surface area contributed by atoms with Gasteiger partial charge in [-0.1, -0.05) is 54.1 Å². The topological polar surface area (TPSA) is 32.8 Å². The van der Waals surface area contributed by atoms with Crippen molar-refractivity contribution in [1.29, 1.82) is 0 Å². The average Bonchev–Trinajstić information content (AvgIpc) is 3.14. The Kier molecular flexibility index (Phi) is 5.31. The minimum Gasteiger partial charge on any atom is -0.456 e. The van der Waals surface area contributed by atoms with Gasteiger partial charge in [-0.05, 0) is 62.7 Å². The van der Waals surface area contributed by atoms with Crippen LogP contribution in [0.4, 0.5) is 11.4 Å². The molecule has 1 atom stereocenters. The fourth-order valence-electron chi connectivity index (χ4n) is 5.79. The number of carbonyl (C=O) groups excluding carboxylic acids is 1. The fraction of sp³-hybridized carbons (Fsp3) is 0.194. The molecule has 2 aliphatic heterocycles. The number of halogens is 1. The molecule has 2 aliphatic rings. The monoisotopic (exact) mass is 494 g/mol. The van der Waals surface area contributed by atoms with Gasteiger partial charge in [0.05, 0.1) is 0 Å². The van der Waals surface area contributed by atoms with Gasteiger partial charge in [-0.3, -0.25) is 9.69 Å². The predicted octanol–water partition coefficient (Wildman–Crippen LogP) is 7.55. The zero-order valence-corrected chi connectivity index (χ0v) is 21.3. The molecule has 0 fully saturated rings. The standard InChI is InChI=1S/C31H27ClN2O2/c1-4-33(5-2)22-14-16-27-29(19-22)36-28-17-20(3)13-15-26(28)31(27)25-12-7-6-11-24(25)30(35)34(31)23-10-8-9-21(32)18-23/h6-19H,4-5H2,1-3H3. The van der Waals surface area contributed by atoms with E-state index in [-0.39, 0.29) is 5.91 Å². The summed E-state index contributed by atoms with van der Waals surface area (Å²) in [4.78, 5) is 18.4. The van der Waals surface area contributed by atoms with Gasteiger partial charge in [-0.2, -0.15) is 0 Å². The van der Waals surface area contributed by atoms with Crippen molar-refractivity contribution in [3.63, 3.8) is 0 Å². The number of hydrogen-bond acceptors (Lipinski definition) is 3. The Labute approximate surface area is 216 Å². The van der Waals surface area contributed by atoms with Crippen LogP contribution >= 0.6 is 11.6 Å². The molecule has 0 radical (unpaired) electrons. The number of aryl methyl sites for hydroxylation is 1. The van der Waals surface area contributed by atoms with Crippen LogP contribution in [0.5, 0.6) is 11.5 Å². The van der Waals surface area contributed by atoms with Gasteiger partial charge in [0.1, 0.15) is 17.0 Å². The number of ether oxygens (including phenoxy) is 1. The van der Waals surface area contributed by atoms with Gasteiger partial charge in [-0.15, -0.1) is 0 Å². The highest BCUT2D eigenvalue weighted by Gasteiger charge is 2.56. The summed E-state index contributed by atoms with van der Waals surface area (Å²) < 4.78 is 6.59. The molecule has 0 aromatic heterocycles. The first-order chi connectivity index (χ1) is 17.5. The van der Waals surface area contributed by atoms with Crippen LogP contribution in [-0.2, 0) is 5.54 Å². The largest absolute Gasteiger partial charge is 0.456 e. The van der Waals surface area contributed by atoms with E-state index < -0.39 is 5.54 Å². The summed E-state index contributed by atoms with van der Waals surface area (Å²) in [6, 6.07) is 28.0. The quantitative estimate of drug-likeness (QED) is 0.293. The van der Waals surface area contributed by atoms with E-state index in [0.717, 1.165) is 58.2 Å². The summed E-state index contributed by atoms with van der Waals surface area (Å²) in [5, 5.41) is 0.583. The van der Waals surface area contributed by atoms with Crippen LogP contribution in [0.2, 0.25) is 5.02 Å². The van der Waals surface area contributed by atoms with Crippen molar-refractivity contribution in [3.05, 3.63) is 118 Å². The summed E-state index contributed by atoms with van der Waals surface area (Å²) in [7, 11) is 0. The van der Waals surface area contributed by atoms with E-state index >= 15 is 0 Å². The SMILES string of the molecule is CCN(CC)c1ccc2c(c1)Oc1cc(C)ccc1C21c2ccccc2C(=O)N1c1cccc(Cl)c1. The second kappa shape index (κ2) is 8.42. The van der Waals surface area contributed by atoms with E-state index in [4.69, 9.17) is 16.3 Å². The molecule has 0 N–H and O–H groups in total. The van der Waals surface area contributed by atoms with E-state index in [1.165, 1.54) is 0 Å². The van der Waals surface area contributed by atoms with Crippen LogP contribution in [0.25, 0.3) is 0 Å². The average molecular weight is 495 g/mol. The highest BCUT2D eigenvalue weighted by Crippen LogP contribution is 2.59. The van der Waals surface area contributed by atoms with Gasteiger partial charge in [0.2, 0.25) is 0 Å². The Morgan fingerprint density at radius 3 is 2.31 bits per heavy atom. The molecule has 0 saturated carbocycles. The summed E-state index contributed by atoms with van der Waals surface area (Å²) in [6.45, 7) is 8.15. The molecule has 5 heteroatoms. The van der Waals surface area contributed by atoms with Crippen LogP contribution in [0.1, 0.15) is 46.5 Å². The van der Waals surface area contributed by atoms with Gasteiger partial charge in [0, 0.05) is 57.8 Å². The van der Waals surface area contributed by atoms with Gasteiger partial charge in [0.25, 0.3) is 5.91 Å². The Balaban J connectivity index is 1.73. The van der Waals surface area contributed by atoms with E-state index in [9.17, 15) is 4.79 Å². The molecule has 1 unspecified atom stereocenters. The number of rotatable bonds is 4. The molecule has 0 saturated heterocycles. The van der Waals surface area contributed by atoms with Crippen molar-refractivity contribution >= 4 is 28.9 Å².